The molecule has 0 bridgehead atoms. The number of nitrogens with one attached hydrogen (secondary N) is 1. The number of piperidine rings is 1. The van der Waals surface area contributed by atoms with E-state index < -0.39 is 5.60 Å². The number of anilines is 1. The molecule has 0 spiro atoms. The summed E-state index contributed by atoms with van der Waals surface area (Å²) in [6.45, 7) is 8.82. The summed E-state index contributed by atoms with van der Waals surface area (Å²) in [6.07, 6.45) is 3.21. The van der Waals surface area contributed by atoms with Crippen LogP contribution in [0.1, 0.15) is 36.6 Å². The van der Waals surface area contributed by atoms with Gasteiger partial charge in [-0.2, -0.15) is 5.10 Å². The number of nitrogens with zero attached hydrogens (tertiary/aromatic N) is 3. The molecule has 1 atom stereocenters. The molecule has 0 radical (unpaired) electrons. The van der Waals surface area contributed by atoms with Gasteiger partial charge in [-0.1, -0.05) is 12.1 Å². The van der Waals surface area contributed by atoms with Gasteiger partial charge < -0.3 is 15.3 Å². The third-order valence-electron chi connectivity index (χ3n) is 4.81. The van der Waals surface area contributed by atoms with Gasteiger partial charge in [-0.05, 0) is 57.7 Å². The number of amides is 2. The molecule has 1 aliphatic heterocycles. The highest BCUT2D eigenvalue weighted by Crippen LogP contribution is 2.24. The normalized spacial score (nSPS) is 20.6. The topological polar surface area (TPSA) is 70.4 Å². The number of β-amino-alcohol motifs (C(OH)–C–C–N with tert-alkyl or cyclic N) is 1. The van der Waals surface area contributed by atoms with Crippen molar-refractivity contribution in [2.75, 3.05) is 18.4 Å². The molecule has 134 valence electrons. The van der Waals surface area contributed by atoms with Gasteiger partial charge in [-0.3, -0.25) is 0 Å². The molecule has 1 saturated heterocycles. The van der Waals surface area contributed by atoms with Gasteiger partial charge >= 0.3 is 6.03 Å². The molecule has 2 amide bonds. The first-order chi connectivity index (χ1) is 11.8. The first-order valence-electron chi connectivity index (χ1n) is 8.67. The van der Waals surface area contributed by atoms with Crippen LogP contribution in [0.2, 0.25) is 0 Å². The molecule has 2 aromatic rings. The Kier molecular flexibility index (Phi) is 4.56. The van der Waals surface area contributed by atoms with Gasteiger partial charge in [0.05, 0.1) is 35.4 Å². The first kappa shape index (κ1) is 17.5. The van der Waals surface area contributed by atoms with Crippen LogP contribution < -0.4 is 5.32 Å². The first-order valence-corrected chi connectivity index (χ1v) is 8.67. The van der Waals surface area contributed by atoms with Crippen LogP contribution in [0.15, 0.2) is 24.4 Å². The third-order valence-corrected chi connectivity index (χ3v) is 4.81. The molecule has 1 aliphatic rings. The Morgan fingerprint density at radius 2 is 2.08 bits per heavy atom. The van der Waals surface area contributed by atoms with Gasteiger partial charge in [-0.15, -0.1) is 0 Å². The summed E-state index contributed by atoms with van der Waals surface area (Å²) in [5.41, 5.74) is 4.06. The molecule has 0 aliphatic carbocycles. The van der Waals surface area contributed by atoms with Gasteiger partial charge in [0.25, 0.3) is 0 Å². The molecule has 25 heavy (non-hydrogen) atoms. The van der Waals surface area contributed by atoms with Crippen LogP contribution >= 0.6 is 0 Å². The van der Waals surface area contributed by atoms with Crippen LogP contribution in [0, 0.1) is 20.8 Å². The maximum absolute atomic E-state index is 12.5. The van der Waals surface area contributed by atoms with Gasteiger partial charge in [-0.25, -0.2) is 9.48 Å². The van der Waals surface area contributed by atoms with Crippen molar-refractivity contribution in [3.05, 3.63) is 41.2 Å². The second-order valence-electron chi connectivity index (χ2n) is 7.30. The van der Waals surface area contributed by atoms with E-state index in [0.717, 1.165) is 35.3 Å². The number of rotatable bonds is 2. The molecule has 2 N–H and O–H groups in total. The van der Waals surface area contributed by atoms with E-state index in [0.29, 0.717) is 18.8 Å². The zero-order valence-corrected chi connectivity index (χ0v) is 15.3. The Hall–Kier alpha value is -2.34. The average Bonchev–Trinajstić information content (AvgIpc) is 2.89. The number of likely N-dealkylation sites (tertiary alicyclic amines) is 1. The van der Waals surface area contributed by atoms with Crippen molar-refractivity contribution in [2.45, 2.75) is 46.1 Å². The molecule has 1 aromatic heterocycles. The Morgan fingerprint density at radius 1 is 1.32 bits per heavy atom. The number of carbonyl (C=O) groups excluding carboxylic acids is 1. The second kappa shape index (κ2) is 6.52. The van der Waals surface area contributed by atoms with Crippen molar-refractivity contribution < 1.29 is 9.90 Å². The van der Waals surface area contributed by atoms with Gasteiger partial charge in [0, 0.05) is 6.54 Å². The lowest BCUT2D eigenvalue weighted by Crippen LogP contribution is -2.50. The fourth-order valence-corrected chi connectivity index (χ4v) is 3.31. The predicted molar refractivity (Wildman–Crippen MR) is 98.2 cm³/mol. The summed E-state index contributed by atoms with van der Waals surface area (Å²) in [5, 5.41) is 17.6. The van der Waals surface area contributed by atoms with Crippen molar-refractivity contribution >= 4 is 11.7 Å². The molecular formula is C19H26N4O2. The summed E-state index contributed by atoms with van der Waals surface area (Å²) in [5.74, 6) is 0. The number of aromatic nitrogens is 2. The van der Waals surface area contributed by atoms with Crippen molar-refractivity contribution in [2.24, 2.45) is 0 Å². The number of aryl methyl sites for hydroxylation is 2. The lowest BCUT2D eigenvalue weighted by Gasteiger charge is -2.36. The van der Waals surface area contributed by atoms with Crippen LogP contribution in [0.4, 0.5) is 10.5 Å². The maximum Gasteiger partial charge on any atom is 0.322 e. The van der Waals surface area contributed by atoms with E-state index in [1.54, 1.807) is 18.0 Å². The third kappa shape index (κ3) is 3.69. The summed E-state index contributed by atoms with van der Waals surface area (Å²) < 4.78 is 1.85. The summed E-state index contributed by atoms with van der Waals surface area (Å²) in [7, 11) is 0. The smallest absolute Gasteiger partial charge is 0.322 e. The quantitative estimate of drug-likeness (QED) is 0.880. The fourth-order valence-electron chi connectivity index (χ4n) is 3.31. The lowest BCUT2D eigenvalue weighted by molar-refractivity contribution is -0.000635. The van der Waals surface area contributed by atoms with Crippen molar-refractivity contribution in [3.63, 3.8) is 0 Å². The number of benzene rings is 1. The standard InChI is InChI=1S/C19H26N4O2/c1-13-6-7-14(2)17(10-13)23-15(3)16(11-20-23)21-18(24)22-9-5-8-19(4,25)12-22/h6-7,10-11,25H,5,8-9,12H2,1-4H3,(H,21,24). The Morgan fingerprint density at radius 3 is 2.80 bits per heavy atom. The zero-order chi connectivity index (χ0) is 18.2. The minimum Gasteiger partial charge on any atom is -0.388 e. The second-order valence-corrected chi connectivity index (χ2v) is 7.30. The number of carbonyl (C=O) groups is 1. The molecule has 6 heteroatoms. The minimum atomic E-state index is -0.812. The lowest BCUT2D eigenvalue weighted by atomic mass is 9.95. The number of hydrogen-bond donors (Lipinski definition) is 2. The van der Waals surface area contributed by atoms with E-state index in [-0.39, 0.29) is 6.03 Å². The Bertz CT molecular complexity index is 795. The molecule has 3 rings (SSSR count). The van der Waals surface area contributed by atoms with E-state index in [4.69, 9.17) is 0 Å². The van der Waals surface area contributed by atoms with Crippen molar-refractivity contribution in [3.8, 4) is 5.69 Å². The van der Waals surface area contributed by atoms with E-state index in [1.807, 2.05) is 25.5 Å². The Balaban J connectivity index is 1.80. The molecular weight excluding hydrogens is 316 g/mol. The van der Waals surface area contributed by atoms with Crippen LogP contribution in [-0.2, 0) is 0 Å². The summed E-state index contributed by atoms with van der Waals surface area (Å²) >= 11 is 0. The fraction of sp³-hybridized carbons (Fsp3) is 0.474. The monoisotopic (exact) mass is 342 g/mol. The molecule has 1 aromatic carbocycles. The van der Waals surface area contributed by atoms with Crippen LogP contribution in [0.5, 0.6) is 0 Å². The number of hydrogen-bond acceptors (Lipinski definition) is 3. The van der Waals surface area contributed by atoms with Crippen LogP contribution in [0.3, 0.4) is 0 Å². The zero-order valence-electron chi connectivity index (χ0n) is 15.3. The molecule has 6 nitrogen and oxygen atoms in total. The van der Waals surface area contributed by atoms with Crippen LogP contribution in [-0.4, -0.2) is 44.5 Å². The van der Waals surface area contributed by atoms with E-state index in [9.17, 15) is 9.90 Å². The van der Waals surface area contributed by atoms with Crippen LogP contribution in [0.25, 0.3) is 5.69 Å². The molecule has 2 heterocycles. The molecule has 1 fully saturated rings. The molecule has 0 saturated carbocycles. The number of aliphatic hydroxyl groups is 1. The van der Waals surface area contributed by atoms with Gasteiger partial charge in [0.1, 0.15) is 0 Å². The largest absolute Gasteiger partial charge is 0.388 e. The van der Waals surface area contributed by atoms with E-state index in [1.165, 1.54) is 0 Å². The molecule has 1 unspecified atom stereocenters. The van der Waals surface area contributed by atoms with E-state index in [2.05, 4.69) is 28.6 Å². The minimum absolute atomic E-state index is 0.191. The highest BCUT2D eigenvalue weighted by Gasteiger charge is 2.31. The SMILES string of the molecule is Cc1ccc(C)c(-n2ncc(NC(=O)N3CCCC(C)(O)C3)c2C)c1. The predicted octanol–water partition coefficient (Wildman–Crippen LogP) is 3.18. The van der Waals surface area contributed by atoms with Gasteiger partial charge in [0.2, 0.25) is 0 Å². The highest BCUT2D eigenvalue weighted by atomic mass is 16.3. The average molecular weight is 342 g/mol. The van der Waals surface area contributed by atoms with Gasteiger partial charge in [0.15, 0.2) is 0 Å². The number of urea groups is 1. The summed E-state index contributed by atoms with van der Waals surface area (Å²) in [6, 6.07) is 6.04. The Labute approximate surface area is 148 Å². The van der Waals surface area contributed by atoms with Crippen molar-refractivity contribution in [1.82, 2.24) is 14.7 Å². The highest BCUT2D eigenvalue weighted by molar-refractivity contribution is 5.90. The summed E-state index contributed by atoms with van der Waals surface area (Å²) in [4.78, 5) is 14.2. The van der Waals surface area contributed by atoms with E-state index >= 15 is 0 Å². The van der Waals surface area contributed by atoms with Crippen molar-refractivity contribution in [1.29, 1.82) is 0 Å². The maximum atomic E-state index is 12.5.